The first-order valence-electron chi connectivity index (χ1n) is 17.5. The fraction of sp³-hybridized carbons (Fsp3) is 0.178. The van der Waals surface area contributed by atoms with Gasteiger partial charge >= 0.3 is 0 Å². The van der Waals surface area contributed by atoms with Crippen molar-refractivity contribution in [1.29, 1.82) is 0 Å². The minimum absolute atomic E-state index is 0.373. The fourth-order valence-electron chi connectivity index (χ4n) is 6.50. The van der Waals surface area contributed by atoms with E-state index in [2.05, 4.69) is 98.4 Å². The number of hydrogen-bond donors (Lipinski definition) is 0. The first kappa shape index (κ1) is 33.5. The molecular formula is C45H42N4O2. The van der Waals surface area contributed by atoms with Gasteiger partial charge in [0.05, 0.1) is 11.9 Å². The highest BCUT2D eigenvalue weighted by molar-refractivity contribution is 5.70. The van der Waals surface area contributed by atoms with Crippen molar-refractivity contribution in [3.8, 4) is 51.1 Å². The average Bonchev–Trinajstić information content (AvgIpc) is 3.63. The van der Waals surface area contributed by atoms with Crippen molar-refractivity contribution in [3.63, 3.8) is 0 Å². The van der Waals surface area contributed by atoms with Gasteiger partial charge in [-0.3, -0.25) is 4.98 Å². The molecule has 0 saturated carbocycles. The number of para-hydroxylation sites is 1. The highest BCUT2D eigenvalue weighted by Gasteiger charge is 2.18. The summed E-state index contributed by atoms with van der Waals surface area (Å²) in [6.07, 6.45) is 4.54. The summed E-state index contributed by atoms with van der Waals surface area (Å²) in [6, 6.07) is 43.0. The summed E-state index contributed by atoms with van der Waals surface area (Å²) in [5.74, 6) is 3.84. The second-order valence-electron chi connectivity index (χ2n) is 13.5. The number of ether oxygens (including phenoxy) is 2. The van der Waals surface area contributed by atoms with Gasteiger partial charge in [0, 0.05) is 35.5 Å². The molecule has 6 heteroatoms. The normalized spacial score (nSPS) is 11.3. The first-order valence-corrected chi connectivity index (χ1v) is 17.5. The van der Waals surface area contributed by atoms with Gasteiger partial charge in [-0.2, -0.15) is 0 Å². The first-order chi connectivity index (χ1) is 24.8. The van der Waals surface area contributed by atoms with E-state index < -0.39 is 0 Å². The average molecular weight is 671 g/mol. The number of nitrogens with zero attached hydrogens (tertiary/aromatic N) is 4. The molecule has 0 N–H and O–H groups in total. The van der Waals surface area contributed by atoms with Gasteiger partial charge in [0.15, 0.2) is 0 Å². The van der Waals surface area contributed by atoms with Crippen LogP contribution in [0.1, 0.15) is 67.5 Å². The van der Waals surface area contributed by atoms with E-state index in [1.165, 1.54) is 16.7 Å². The van der Waals surface area contributed by atoms with Crippen LogP contribution >= 0.6 is 0 Å². The van der Waals surface area contributed by atoms with E-state index in [0.717, 1.165) is 62.3 Å². The number of rotatable bonds is 11. The monoisotopic (exact) mass is 670 g/mol. The number of benzene rings is 5. The van der Waals surface area contributed by atoms with Crippen molar-refractivity contribution in [3.05, 3.63) is 168 Å². The quantitative estimate of drug-likeness (QED) is 0.137. The van der Waals surface area contributed by atoms with E-state index in [0.29, 0.717) is 18.3 Å². The van der Waals surface area contributed by atoms with Gasteiger partial charge < -0.3 is 9.47 Å². The van der Waals surface area contributed by atoms with E-state index in [-0.39, 0.29) is 0 Å². The molecule has 0 aliphatic carbocycles. The predicted octanol–water partition coefficient (Wildman–Crippen LogP) is 11.7. The summed E-state index contributed by atoms with van der Waals surface area (Å²) in [4.78, 5) is 4.49. The lowest BCUT2D eigenvalue weighted by atomic mass is 9.87. The summed E-state index contributed by atoms with van der Waals surface area (Å²) >= 11 is 0. The van der Waals surface area contributed by atoms with Crippen molar-refractivity contribution < 1.29 is 9.47 Å². The standard InChI is InChI=1S/C45H42N4O2/c1-30(2)40-19-12-20-41(31(3)4)45(40)43-29-49(48-47-43)36-16-11-18-38(28-36)50-39-22-23-42(32(5)25-39)33-14-10-17-37(27-33)51-44-21-7-6-13-34(44)26-35-15-8-9-24-46-35/h6-25,27-31H,26H2,1-5H3. The largest absolute Gasteiger partial charge is 0.457 e. The third-order valence-electron chi connectivity index (χ3n) is 9.08. The molecule has 51 heavy (non-hydrogen) atoms. The maximum absolute atomic E-state index is 6.43. The Balaban J connectivity index is 1.08. The van der Waals surface area contributed by atoms with Crippen LogP contribution in [0.15, 0.2) is 140 Å². The summed E-state index contributed by atoms with van der Waals surface area (Å²) in [6.45, 7) is 11.0. The molecule has 2 aromatic heterocycles. The zero-order valence-electron chi connectivity index (χ0n) is 29.7. The van der Waals surface area contributed by atoms with Gasteiger partial charge in [-0.05, 0) is 101 Å². The molecule has 0 aliphatic rings. The second-order valence-corrected chi connectivity index (χ2v) is 13.5. The van der Waals surface area contributed by atoms with Crippen LogP contribution in [0.3, 0.4) is 0 Å². The molecule has 0 bridgehead atoms. The Labute approximate surface area is 300 Å². The second kappa shape index (κ2) is 14.9. The molecule has 0 unspecified atom stereocenters. The number of pyridine rings is 1. The Kier molecular flexibility index (Phi) is 9.75. The minimum atomic E-state index is 0.373. The third-order valence-corrected chi connectivity index (χ3v) is 9.08. The molecule has 0 radical (unpaired) electrons. The van der Waals surface area contributed by atoms with Gasteiger partial charge in [0.2, 0.25) is 0 Å². The van der Waals surface area contributed by atoms with E-state index in [1.807, 2.05) is 95.9 Å². The van der Waals surface area contributed by atoms with E-state index in [4.69, 9.17) is 9.47 Å². The van der Waals surface area contributed by atoms with Crippen molar-refractivity contribution in [2.75, 3.05) is 0 Å². The SMILES string of the molecule is Cc1cc(Oc2cccc(-n3cc(-c4c(C(C)C)cccc4C(C)C)nn3)c2)ccc1-c1cccc(Oc2ccccc2Cc2ccccn2)c1. The Hall–Kier alpha value is -6.01. The highest BCUT2D eigenvalue weighted by Crippen LogP contribution is 2.36. The topological polar surface area (TPSA) is 62.1 Å². The molecule has 0 saturated heterocycles. The Morgan fingerprint density at radius 2 is 1.35 bits per heavy atom. The fourth-order valence-corrected chi connectivity index (χ4v) is 6.50. The molecule has 0 aliphatic heterocycles. The Bertz CT molecular complexity index is 2250. The lowest BCUT2D eigenvalue weighted by Crippen LogP contribution is -2.00. The van der Waals surface area contributed by atoms with Gasteiger partial charge in [-0.25, -0.2) is 4.68 Å². The van der Waals surface area contributed by atoms with E-state index >= 15 is 0 Å². The molecule has 0 fully saturated rings. The van der Waals surface area contributed by atoms with Crippen LogP contribution in [-0.2, 0) is 6.42 Å². The molecular weight excluding hydrogens is 629 g/mol. The Morgan fingerprint density at radius 3 is 2.10 bits per heavy atom. The molecule has 0 atom stereocenters. The number of aromatic nitrogens is 4. The number of aryl methyl sites for hydroxylation is 1. The lowest BCUT2D eigenvalue weighted by molar-refractivity contribution is 0.477. The molecule has 0 spiro atoms. The lowest BCUT2D eigenvalue weighted by Gasteiger charge is -2.17. The van der Waals surface area contributed by atoms with Gasteiger partial charge in [-0.15, -0.1) is 5.10 Å². The number of hydrogen-bond acceptors (Lipinski definition) is 5. The molecule has 5 aromatic carbocycles. The van der Waals surface area contributed by atoms with Crippen molar-refractivity contribution in [2.45, 2.75) is 52.9 Å². The van der Waals surface area contributed by atoms with Crippen LogP contribution in [-0.4, -0.2) is 20.0 Å². The van der Waals surface area contributed by atoms with Crippen LogP contribution in [0.25, 0.3) is 28.1 Å². The molecule has 6 nitrogen and oxygen atoms in total. The van der Waals surface area contributed by atoms with Crippen LogP contribution in [0.5, 0.6) is 23.0 Å². The van der Waals surface area contributed by atoms with Crippen molar-refractivity contribution in [1.82, 2.24) is 20.0 Å². The molecule has 254 valence electrons. The van der Waals surface area contributed by atoms with Crippen molar-refractivity contribution in [2.24, 2.45) is 0 Å². The zero-order valence-corrected chi connectivity index (χ0v) is 29.7. The minimum Gasteiger partial charge on any atom is -0.457 e. The summed E-state index contributed by atoms with van der Waals surface area (Å²) < 4.78 is 14.6. The maximum atomic E-state index is 6.43. The highest BCUT2D eigenvalue weighted by atomic mass is 16.5. The predicted molar refractivity (Wildman–Crippen MR) is 205 cm³/mol. The van der Waals surface area contributed by atoms with Gasteiger partial charge in [0.1, 0.15) is 28.7 Å². The molecule has 7 aromatic rings. The summed E-state index contributed by atoms with van der Waals surface area (Å²) in [5, 5.41) is 9.15. The van der Waals surface area contributed by atoms with Crippen LogP contribution in [0.2, 0.25) is 0 Å². The molecule has 2 heterocycles. The van der Waals surface area contributed by atoms with Crippen LogP contribution < -0.4 is 9.47 Å². The van der Waals surface area contributed by atoms with Crippen LogP contribution in [0, 0.1) is 6.92 Å². The van der Waals surface area contributed by atoms with Gasteiger partial charge in [0.25, 0.3) is 0 Å². The Morgan fingerprint density at radius 1 is 0.647 bits per heavy atom. The maximum Gasteiger partial charge on any atom is 0.131 e. The van der Waals surface area contributed by atoms with E-state index in [9.17, 15) is 0 Å². The van der Waals surface area contributed by atoms with Gasteiger partial charge in [-0.1, -0.05) is 99.6 Å². The van der Waals surface area contributed by atoms with E-state index in [1.54, 1.807) is 0 Å². The van der Waals surface area contributed by atoms with Crippen LogP contribution in [0.4, 0.5) is 0 Å². The zero-order chi connectivity index (χ0) is 35.3. The summed E-state index contributed by atoms with van der Waals surface area (Å²) in [5.41, 5.74) is 10.9. The summed E-state index contributed by atoms with van der Waals surface area (Å²) in [7, 11) is 0. The third kappa shape index (κ3) is 7.60. The van der Waals surface area contributed by atoms with Crippen molar-refractivity contribution >= 4 is 0 Å². The molecule has 7 rings (SSSR count). The molecule has 0 amide bonds. The smallest absolute Gasteiger partial charge is 0.131 e.